The van der Waals surface area contributed by atoms with Gasteiger partial charge in [0.05, 0.1) is 18.0 Å². The molecule has 0 bridgehead atoms. The Kier molecular flexibility index (Phi) is 7.86. The number of thiazole rings is 1. The highest BCUT2D eigenvalue weighted by Gasteiger charge is 2.28. The van der Waals surface area contributed by atoms with Gasteiger partial charge < -0.3 is 14.6 Å². The van der Waals surface area contributed by atoms with Gasteiger partial charge in [0.15, 0.2) is 10.8 Å². The van der Waals surface area contributed by atoms with Crippen molar-refractivity contribution in [2.24, 2.45) is 5.92 Å². The van der Waals surface area contributed by atoms with Gasteiger partial charge in [0.25, 0.3) is 0 Å². The normalized spacial score (nSPS) is 16.8. The van der Waals surface area contributed by atoms with Gasteiger partial charge in [-0.15, -0.1) is 11.3 Å². The molecule has 0 aromatic carbocycles. The molecule has 0 saturated carbocycles. The molecule has 1 unspecified atom stereocenters. The van der Waals surface area contributed by atoms with Crippen LogP contribution in [0.25, 0.3) is 10.8 Å². The highest BCUT2D eigenvalue weighted by atomic mass is 32.1. The van der Waals surface area contributed by atoms with Crippen molar-refractivity contribution >= 4 is 23.2 Å². The van der Waals surface area contributed by atoms with Crippen molar-refractivity contribution in [1.29, 1.82) is 0 Å². The molecule has 1 N–H and O–H groups in total. The van der Waals surface area contributed by atoms with Crippen LogP contribution in [0.4, 0.5) is 0 Å². The number of amides is 2. The van der Waals surface area contributed by atoms with E-state index in [4.69, 9.17) is 4.42 Å². The lowest BCUT2D eigenvalue weighted by atomic mass is 9.96. The van der Waals surface area contributed by atoms with E-state index in [0.29, 0.717) is 13.1 Å². The zero-order chi connectivity index (χ0) is 20.6. The van der Waals surface area contributed by atoms with Crippen LogP contribution in [0.5, 0.6) is 0 Å². The zero-order valence-electron chi connectivity index (χ0n) is 17.4. The lowest BCUT2D eigenvalue weighted by Crippen LogP contribution is -2.46. The van der Waals surface area contributed by atoms with Crippen LogP contribution in [0.2, 0.25) is 0 Å². The highest BCUT2D eigenvalue weighted by molar-refractivity contribution is 7.13. The van der Waals surface area contributed by atoms with Crippen molar-refractivity contribution in [1.82, 2.24) is 15.2 Å². The van der Waals surface area contributed by atoms with Gasteiger partial charge in [-0.3, -0.25) is 9.59 Å². The first-order valence-corrected chi connectivity index (χ1v) is 11.5. The highest BCUT2D eigenvalue weighted by Crippen LogP contribution is 2.26. The third-order valence-corrected chi connectivity index (χ3v) is 6.22. The van der Waals surface area contributed by atoms with Crippen molar-refractivity contribution in [3.63, 3.8) is 0 Å². The number of nitrogens with zero attached hydrogens (tertiary/aromatic N) is 2. The molecule has 0 radical (unpaired) electrons. The standard InChI is InChI=1S/C22H31N3O3S/c1-3-4-5-6-11-23-21(27)17-8-7-12-25(14-17)20(26)13-18-15-29-22(24-18)19-10-9-16(2)28-19/h9-10,15,17H,3-8,11-14H2,1-2H3,(H,23,27). The third-order valence-electron chi connectivity index (χ3n) is 5.31. The quantitative estimate of drug-likeness (QED) is 0.621. The molecule has 3 heterocycles. The summed E-state index contributed by atoms with van der Waals surface area (Å²) in [5.41, 5.74) is 0.756. The van der Waals surface area contributed by atoms with Crippen molar-refractivity contribution in [2.45, 2.75) is 58.8 Å². The molecule has 1 aliphatic rings. The summed E-state index contributed by atoms with van der Waals surface area (Å²) in [6.45, 7) is 6.03. The van der Waals surface area contributed by atoms with Crippen LogP contribution >= 0.6 is 11.3 Å². The van der Waals surface area contributed by atoms with Crippen LogP contribution < -0.4 is 5.32 Å². The monoisotopic (exact) mass is 417 g/mol. The van der Waals surface area contributed by atoms with E-state index < -0.39 is 0 Å². The number of nitrogens with one attached hydrogen (secondary N) is 1. The molecule has 0 spiro atoms. The Morgan fingerprint density at radius 2 is 2.17 bits per heavy atom. The average molecular weight is 418 g/mol. The molecular weight excluding hydrogens is 386 g/mol. The molecule has 158 valence electrons. The first-order chi connectivity index (χ1) is 14.1. The number of furan rings is 1. The van der Waals surface area contributed by atoms with Crippen molar-refractivity contribution < 1.29 is 14.0 Å². The van der Waals surface area contributed by atoms with E-state index >= 15 is 0 Å². The summed E-state index contributed by atoms with van der Waals surface area (Å²) in [5, 5.41) is 5.75. The molecule has 3 rings (SSSR count). The molecular formula is C22H31N3O3S. The number of rotatable bonds is 9. The first kappa shape index (κ1) is 21.6. The summed E-state index contributed by atoms with van der Waals surface area (Å²) in [4.78, 5) is 31.6. The van der Waals surface area contributed by atoms with Crippen LogP contribution in [0.15, 0.2) is 21.9 Å². The topological polar surface area (TPSA) is 75.4 Å². The van der Waals surface area contributed by atoms with E-state index in [9.17, 15) is 9.59 Å². The minimum Gasteiger partial charge on any atom is -0.459 e. The molecule has 1 saturated heterocycles. The number of carbonyl (C=O) groups excluding carboxylic acids is 2. The molecule has 29 heavy (non-hydrogen) atoms. The molecule has 1 fully saturated rings. The number of likely N-dealkylation sites (tertiary alicyclic amines) is 1. The molecule has 1 aliphatic heterocycles. The van der Waals surface area contributed by atoms with E-state index in [1.165, 1.54) is 24.2 Å². The summed E-state index contributed by atoms with van der Waals surface area (Å²) < 4.78 is 5.61. The Labute approximate surface area is 176 Å². The fourth-order valence-corrected chi connectivity index (χ4v) is 4.42. The second-order valence-corrected chi connectivity index (χ2v) is 8.62. The Morgan fingerprint density at radius 1 is 1.31 bits per heavy atom. The molecule has 0 aliphatic carbocycles. The van der Waals surface area contributed by atoms with E-state index in [1.54, 1.807) is 0 Å². The minimum atomic E-state index is -0.101. The van der Waals surface area contributed by atoms with Gasteiger partial charge in [-0.2, -0.15) is 0 Å². The number of piperidine rings is 1. The lowest BCUT2D eigenvalue weighted by Gasteiger charge is -2.32. The average Bonchev–Trinajstić information content (AvgIpc) is 3.36. The Bertz CT molecular complexity index is 814. The van der Waals surface area contributed by atoms with E-state index in [-0.39, 0.29) is 24.2 Å². The summed E-state index contributed by atoms with van der Waals surface area (Å²) >= 11 is 1.48. The maximum Gasteiger partial charge on any atom is 0.228 e. The Balaban J connectivity index is 1.48. The molecule has 6 nitrogen and oxygen atoms in total. The predicted molar refractivity (Wildman–Crippen MR) is 115 cm³/mol. The van der Waals surface area contributed by atoms with Gasteiger partial charge in [0.2, 0.25) is 11.8 Å². The number of unbranched alkanes of at least 4 members (excludes halogenated alkanes) is 3. The number of aryl methyl sites for hydroxylation is 1. The van der Waals surface area contributed by atoms with Gasteiger partial charge in [0.1, 0.15) is 5.76 Å². The van der Waals surface area contributed by atoms with E-state index in [0.717, 1.165) is 54.5 Å². The molecule has 2 aromatic heterocycles. The van der Waals surface area contributed by atoms with Crippen LogP contribution in [0, 0.1) is 12.8 Å². The van der Waals surface area contributed by atoms with Gasteiger partial charge in [0, 0.05) is 25.0 Å². The van der Waals surface area contributed by atoms with Gasteiger partial charge >= 0.3 is 0 Å². The Hall–Kier alpha value is -2.15. The van der Waals surface area contributed by atoms with E-state index in [1.807, 2.05) is 29.3 Å². The lowest BCUT2D eigenvalue weighted by molar-refractivity contribution is -0.135. The van der Waals surface area contributed by atoms with Crippen LogP contribution in [-0.2, 0) is 16.0 Å². The first-order valence-electron chi connectivity index (χ1n) is 10.6. The molecule has 2 aromatic rings. The third kappa shape index (κ3) is 6.16. The van der Waals surface area contributed by atoms with Crippen molar-refractivity contribution in [2.75, 3.05) is 19.6 Å². The van der Waals surface area contributed by atoms with Crippen LogP contribution in [0.3, 0.4) is 0 Å². The molecule has 1 atom stereocenters. The molecule has 2 amide bonds. The summed E-state index contributed by atoms with van der Waals surface area (Å²) in [7, 11) is 0. The summed E-state index contributed by atoms with van der Waals surface area (Å²) in [5.74, 6) is 1.60. The number of aromatic nitrogens is 1. The van der Waals surface area contributed by atoms with Gasteiger partial charge in [-0.05, 0) is 38.3 Å². The number of carbonyl (C=O) groups is 2. The molecule has 7 heteroatoms. The Morgan fingerprint density at radius 3 is 2.93 bits per heavy atom. The SMILES string of the molecule is CCCCCCNC(=O)C1CCCN(C(=O)Cc2csc(-c3ccc(C)o3)n2)C1. The van der Waals surface area contributed by atoms with Crippen molar-refractivity contribution in [3.05, 3.63) is 29.0 Å². The summed E-state index contributed by atoms with van der Waals surface area (Å²) in [6, 6.07) is 3.81. The second-order valence-electron chi connectivity index (χ2n) is 7.76. The second kappa shape index (κ2) is 10.6. The number of hydrogen-bond acceptors (Lipinski definition) is 5. The van der Waals surface area contributed by atoms with Crippen molar-refractivity contribution in [3.8, 4) is 10.8 Å². The predicted octanol–water partition coefficient (Wildman–Crippen LogP) is 4.19. The smallest absolute Gasteiger partial charge is 0.228 e. The van der Waals surface area contributed by atoms with Crippen LogP contribution in [0.1, 0.15) is 56.9 Å². The fourth-order valence-electron chi connectivity index (χ4n) is 3.64. The van der Waals surface area contributed by atoms with E-state index in [2.05, 4.69) is 17.2 Å². The van der Waals surface area contributed by atoms with Crippen LogP contribution in [-0.4, -0.2) is 41.3 Å². The zero-order valence-corrected chi connectivity index (χ0v) is 18.2. The van der Waals surface area contributed by atoms with Gasteiger partial charge in [-0.1, -0.05) is 26.2 Å². The minimum absolute atomic E-state index is 0.0397. The fraction of sp³-hybridized carbons (Fsp3) is 0.591. The van der Waals surface area contributed by atoms with Gasteiger partial charge in [-0.25, -0.2) is 4.98 Å². The maximum absolute atomic E-state index is 12.8. The maximum atomic E-state index is 12.8. The largest absolute Gasteiger partial charge is 0.459 e. The summed E-state index contributed by atoms with van der Waals surface area (Å²) in [6.07, 6.45) is 6.56. The number of hydrogen-bond donors (Lipinski definition) is 1.